The van der Waals surface area contributed by atoms with Crippen molar-refractivity contribution in [2.24, 2.45) is 7.05 Å². The largest absolute Gasteiger partial charge is 0.464 e. The number of rotatable bonds is 10. The van der Waals surface area contributed by atoms with E-state index in [4.69, 9.17) is 23.2 Å². The van der Waals surface area contributed by atoms with E-state index in [1.54, 1.807) is 29.8 Å². The molecule has 0 atom stereocenters. The number of hydrogen-bond acceptors (Lipinski definition) is 7. The van der Waals surface area contributed by atoms with Crippen LogP contribution in [0.2, 0.25) is 10.0 Å². The number of amides is 3. The number of hydrogen-bond donors (Lipinski definition) is 4. The molecular formula is C25H36Cl2N6O8S2. The van der Waals surface area contributed by atoms with Crippen LogP contribution in [0.5, 0.6) is 0 Å². The Morgan fingerprint density at radius 1 is 1.09 bits per heavy atom. The third-order valence-electron chi connectivity index (χ3n) is 7.16. The first-order valence-corrected chi connectivity index (χ1v) is 16.9. The van der Waals surface area contributed by atoms with E-state index in [0.29, 0.717) is 20.2 Å². The van der Waals surface area contributed by atoms with Gasteiger partial charge in [-0.3, -0.25) is 9.59 Å². The Morgan fingerprint density at radius 3 is 2.23 bits per heavy atom. The molecule has 4 N–H and O–H groups in total. The Kier molecular flexibility index (Phi) is 10.4. The van der Waals surface area contributed by atoms with E-state index in [1.165, 1.54) is 20.8 Å². The minimum absolute atomic E-state index is 0.0258. The first-order valence-electron chi connectivity index (χ1n) is 13.3. The summed E-state index contributed by atoms with van der Waals surface area (Å²) in [5.74, 6) is -1.20. The van der Waals surface area contributed by atoms with E-state index >= 15 is 0 Å². The summed E-state index contributed by atoms with van der Waals surface area (Å²) in [6.45, 7) is 5.23. The highest BCUT2D eigenvalue weighted by atomic mass is 35.5. The molecule has 1 aliphatic rings. The van der Waals surface area contributed by atoms with Gasteiger partial charge in [0.15, 0.2) is 0 Å². The lowest BCUT2D eigenvalue weighted by Crippen LogP contribution is -2.58. The predicted molar refractivity (Wildman–Crippen MR) is 162 cm³/mol. The SMILES string of the molecule is CC(=O)NS(=O)(=O)N1CCC(CCCNS(=O)(=O)N(C(=O)O)C(C)(C)C)(NC(=O)c2cc3c(Cl)c(Cl)ccc3n2C)CC1. The summed E-state index contributed by atoms with van der Waals surface area (Å²) in [7, 11) is -6.79. The highest BCUT2D eigenvalue weighted by Crippen LogP contribution is 2.34. The molecule has 0 saturated carbocycles. The maximum atomic E-state index is 13.6. The number of fused-ring (bicyclic) bond motifs is 1. The summed E-state index contributed by atoms with van der Waals surface area (Å²) in [6.07, 6.45) is -0.901. The number of aromatic nitrogens is 1. The number of piperidine rings is 1. The molecule has 14 nitrogen and oxygen atoms in total. The fraction of sp³-hybridized carbons (Fsp3) is 0.560. The average Bonchev–Trinajstić information content (AvgIpc) is 3.19. The first kappa shape index (κ1) is 34.9. The van der Waals surface area contributed by atoms with E-state index in [-0.39, 0.29) is 56.0 Å². The fourth-order valence-electron chi connectivity index (χ4n) is 5.15. The number of halogens is 2. The highest BCUT2D eigenvalue weighted by Gasteiger charge is 2.41. The molecule has 1 aliphatic heterocycles. The second kappa shape index (κ2) is 12.8. The topological polar surface area (TPSA) is 187 Å². The maximum absolute atomic E-state index is 13.6. The van der Waals surface area contributed by atoms with E-state index in [0.717, 1.165) is 11.2 Å². The first-order chi connectivity index (χ1) is 19.7. The van der Waals surface area contributed by atoms with E-state index < -0.39 is 49.4 Å². The molecule has 3 rings (SSSR count). The summed E-state index contributed by atoms with van der Waals surface area (Å²) >= 11 is 12.5. The van der Waals surface area contributed by atoms with Gasteiger partial charge in [-0.2, -0.15) is 30.2 Å². The van der Waals surface area contributed by atoms with Gasteiger partial charge in [0.05, 0.1) is 15.6 Å². The van der Waals surface area contributed by atoms with Crippen molar-refractivity contribution in [2.75, 3.05) is 19.6 Å². The Labute approximate surface area is 261 Å². The summed E-state index contributed by atoms with van der Waals surface area (Å²) in [4.78, 5) is 36.7. The van der Waals surface area contributed by atoms with Gasteiger partial charge in [0, 0.05) is 50.0 Å². The van der Waals surface area contributed by atoms with Crippen LogP contribution in [0.25, 0.3) is 10.9 Å². The van der Waals surface area contributed by atoms with Gasteiger partial charge in [-0.05, 0) is 64.7 Å². The van der Waals surface area contributed by atoms with Crippen LogP contribution in [0.1, 0.15) is 63.9 Å². The van der Waals surface area contributed by atoms with Crippen LogP contribution in [0, 0.1) is 0 Å². The smallest absolute Gasteiger partial charge is 0.422 e. The summed E-state index contributed by atoms with van der Waals surface area (Å²) < 4.78 is 58.0. The lowest BCUT2D eigenvalue weighted by Gasteiger charge is -2.42. The summed E-state index contributed by atoms with van der Waals surface area (Å²) in [6, 6.07) is 4.95. The number of aryl methyl sites for hydroxylation is 1. The third kappa shape index (κ3) is 7.91. The molecule has 240 valence electrons. The second-order valence-corrected chi connectivity index (χ2v) is 15.5. The van der Waals surface area contributed by atoms with Crippen molar-refractivity contribution in [1.29, 1.82) is 0 Å². The van der Waals surface area contributed by atoms with Crippen LogP contribution in [0.15, 0.2) is 18.2 Å². The Bertz CT molecular complexity index is 1630. The van der Waals surface area contributed by atoms with Gasteiger partial charge in [0.2, 0.25) is 5.91 Å². The van der Waals surface area contributed by atoms with Gasteiger partial charge in [-0.25, -0.2) is 9.52 Å². The number of carbonyl (C=O) groups is 3. The predicted octanol–water partition coefficient (Wildman–Crippen LogP) is 2.82. The van der Waals surface area contributed by atoms with Gasteiger partial charge >= 0.3 is 26.5 Å². The third-order valence-corrected chi connectivity index (χ3v) is 11.3. The number of nitrogens with one attached hydrogen (secondary N) is 3. The van der Waals surface area contributed by atoms with E-state index in [1.807, 2.05) is 4.72 Å². The van der Waals surface area contributed by atoms with Crippen LogP contribution in [0.3, 0.4) is 0 Å². The molecular weight excluding hydrogens is 647 g/mol. The molecule has 3 amide bonds. The Balaban J connectivity index is 1.83. The molecule has 0 aliphatic carbocycles. The van der Waals surface area contributed by atoms with Crippen LogP contribution in [-0.4, -0.2) is 83.7 Å². The zero-order valence-electron chi connectivity index (χ0n) is 24.4. The molecule has 0 bridgehead atoms. The van der Waals surface area contributed by atoms with Crippen LogP contribution < -0.4 is 14.8 Å². The number of benzene rings is 1. The fourth-order valence-corrected chi connectivity index (χ4v) is 8.15. The quantitative estimate of drug-likeness (QED) is 0.275. The maximum Gasteiger partial charge on any atom is 0.422 e. The number of carbonyl (C=O) groups excluding carboxylic acids is 2. The monoisotopic (exact) mass is 682 g/mol. The van der Waals surface area contributed by atoms with Crippen LogP contribution in [0.4, 0.5) is 4.79 Å². The molecule has 0 unspecified atom stereocenters. The van der Waals surface area contributed by atoms with Gasteiger partial charge in [0.1, 0.15) is 5.69 Å². The number of nitrogens with zero attached hydrogens (tertiary/aromatic N) is 3. The lowest BCUT2D eigenvalue weighted by molar-refractivity contribution is -0.117. The van der Waals surface area contributed by atoms with Crippen LogP contribution in [-0.2, 0) is 32.3 Å². The molecule has 0 spiro atoms. The second-order valence-electron chi connectivity index (χ2n) is 11.4. The minimum atomic E-state index is -4.39. The summed E-state index contributed by atoms with van der Waals surface area (Å²) in [5.41, 5.74) is -1.25. The molecule has 1 aromatic carbocycles. The average molecular weight is 684 g/mol. The minimum Gasteiger partial charge on any atom is -0.464 e. The lowest BCUT2D eigenvalue weighted by atomic mass is 9.83. The Morgan fingerprint density at radius 2 is 1.70 bits per heavy atom. The molecule has 1 saturated heterocycles. The molecule has 1 fully saturated rings. The van der Waals surface area contributed by atoms with Gasteiger partial charge < -0.3 is 15.0 Å². The van der Waals surface area contributed by atoms with Crippen molar-refractivity contribution in [3.8, 4) is 0 Å². The van der Waals surface area contributed by atoms with Crippen molar-refractivity contribution in [3.63, 3.8) is 0 Å². The zero-order valence-corrected chi connectivity index (χ0v) is 27.5. The van der Waals surface area contributed by atoms with Crippen molar-refractivity contribution in [3.05, 3.63) is 33.9 Å². The Hall–Kier alpha value is -2.63. The van der Waals surface area contributed by atoms with Gasteiger partial charge in [-0.15, -0.1) is 0 Å². The molecule has 1 aromatic heterocycles. The molecule has 43 heavy (non-hydrogen) atoms. The molecule has 0 radical (unpaired) electrons. The van der Waals surface area contributed by atoms with Crippen molar-refractivity contribution >= 4 is 72.4 Å². The van der Waals surface area contributed by atoms with Gasteiger partial charge in [-0.1, -0.05) is 23.2 Å². The van der Waals surface area contributed by atoms with Crippen molar-refractivity contribution in [1.82, 2.24) is 27.9 Å². The van der Waals surface area contributed by atoms with E-state index in [2.05, 4.69) is 10.0 Å². The normalized spacial score (nSPS) is 16.2. The highest BCUT2D eigenvalue weighted by molar-refractivity contribution is 7.88. The summed E-state index contributed by atoms with van der Waals surface area (Å²) in [5, 5.41) is 13.7. The van der Waals surface area contributed by atoms with Crippen molar-refractivity contribution < 1.29 is 36.3 Å². The standard InChI is InChI=1S/C25H36Cl2N6O8S2/c1-16(34)30-43(40,41)32-13-10-25(11-14-32,9-6-12-28-42(38,39)33(23(36)37)24(2,3)4)29-22(35)20-15-17-19(31(20)5)8-7-18(26)21(17)27/h7-8,15,28H,6,9-14H2,1-5H3,(H,29,35)(H,30,34)(H,36,37). The van der Waals surface area contributed by atoms with E-state index in [9.17, 15) is 36.3 Å². The van der Waals surface area contributed by atoms with Gasteiger partial charge in [0.25, 0.3) is 5.91 Å². The zero-order chi connectivity index (χ0) is 32.5. The molecule has 2 aromatic rings. The molecule has 18 heteroatoms. The molecule has 2 heterocycles. The number of carboxylic acid groups (broad SMARTS) is 1. The van der Waals surface area contributed by atoms with Crippen molar-refractivity contribution in [2.45, 2.75) is 64.5 Å². The van der Waals surface area contributed by atoms with Crippen LogP contribution >= 0.6 is 23.2 Å².